The summed E-state index contributed by atoms with van der Waals surface area (Å²) in [7, 11) is 0. The standard InChI is InChI=1S/C23H40N4O4/c1-15(2)31-23(29)25-13-16(3)27(17(4)28)21-6-5-18(11-22(21)25)19-12-24-26(14-19)20-7-9-30-10-8-20/h15-16,18-22,24H,5-14H2,1-4H3/t16-,18?,19?,21?,22?/m0/s1. The van der Waals surface area contributed by atoms with Crippen molar-refractivity contribution in [1.29, 1.82) is 0 Å². The highest BCUT2D eigenvalue weighted by Gasteiger charge is 2.48. The topological polar surface area (TPSA) is 74.4 Å². The molecule has 3 heterocycles. The van der Waals surface area contributed by atoms with Crippen molar-refractivity contribution >= 4 is 12.0 Å². The molecule has 2 amide bonds. The molecule has 3 aliphatic heterocycles. The van der Waals surface area contributed by atoms with Crippen molar-refractivity contribution < 1.29 is 19.1 Å². The Labute approximate surface area is 186 Å². The van der Waals surface area contributed by atoms with Gasteiger partial charge in [0.15, 0.2) is 0 Å². The summed E-state index contributed by atoms with van der Waals surface area (Å²) in [4.78, 5) is 29.3. The van der Waals surface area contributed by atoms with Gasteiger partial charge in [-0.15, -0.1) is 0 Å². The smallest absolute Gasteiger partial charge is 0.410 e. The van der Waals surface area contributed by atoms with Crippen molar-refractivity contribution in [3.8, 4) is 0 Å². The van der Waals surface area contributed by atoms with E-state index in [-0.39, 0.29) is 36.2 Å². The van der Waals surface area contributed by atoms with E-state index < -0.39 is 0 Å². The molecule has 0 spiro atoms. The molecule has 5 atom stereocenters. The van der Waals surface area contributed by atoms with Crippen molar-refractivity contribution in [2.75, 3.05) is 32.8 Å². The number of carbonyl (C=O) groups is 2. The first-order valence-electron chi connectivity index (χ1n) is 12.2. The molecule has 0 aromatic rings. The predicted molar refractivity (Wildman–Crippen MR) is 117 cm³/mol. The van der Waals surface area contributed by atoms with Gasteiger partial charge in [-0.1, -0.05) is 0 Å². The zero-order chi connectivity index (χ0) is 22.1. The molecule has 4 unspecified atom stereocenters. The fourth-order valence-electron chi connectivity index (χ4n) is 6.31. The number of fused-ring (bicyclic) bond motifs is 1. The summed E-state index contributed by atoms with van der Waals surface area (Å²) in [6.45, 7) is 11.8. The Morgan fingerprint density at radius 2 is 1.77 bits per heavy atom. The van der Waals surface area contributed by atoms with Gasteiger partial charge in [0.1, 0.15) is 0 Å². The maximum atomic E-state index is 12.9. The zero-order valence-corrected chi connectivity index (χ0v) is 19.6. The molecule has 4 fully saturated rings. The lowest BCUT2D eigenvalue weighted by molar-refractivity contribution is -0.142. The average molecular weight is 437 g/mol. The van der Waals surface area contributed by atoms with Crippen molar-refractivity contribution in [2.24, 2.45) is 11.8 Å². The van der Waals surface area contributed by atoms with Gasteiger partial charge in [0.25, 0.3) is 0 Å². The molecule has 4 aliphatic rings. The Balaban J connectivity index is 1.45. The van der Waals surface area contributed by atoms with E-state index >= 15 is 0 Å². The highest BCUT2D eigenvalue weighted by molar-refractivity contribution is 5.75. The highest BCUT2D eigenvalue weighted by atomic mass is 16.6. The van der Waals surface area contributed by atoms with Crippen LogP contribution in [0.4, 0.5) is 4.79 Å². The first kappa shape index (κ1) is 22.8. The second-order valence-corrected chi connectivity index (χ2v) is 10.2. The number of hydrogen-bond acceptors (Lipinski definition) is 6. The first-order valence-corrected chi connectivity index (χ1v) is 12.2. The zero-order valence-electron chi connectivity index (χ0n) is 19.6. The Kier molecular flexibility index (Phi) is 7.08. The summed E-state index contributed by atoms with van der Waals surface area (Å²) in [5, 5.41) is 2.44. The molecule has 31 heavy (non-hydrogen) atoms. The second-order valence-electron chi connectivity index (χ2n) is 10.2. The third-order valence-corrected chi connectivity index (χ3v) is 7.74. The van der Waals surface area contributed by atoms with E-state index in [9.17, 15) is 9.59 Å². The Morgan fingerprint density at radius 3 is 2.45 bits per heavy atom. The summed E-state index contributed by atoms with van der Waals surface area (Å²) in [5.74, 6) is 1.25. The fourth-order valence-corrected chi connectivity index (χ4v) is 6.31. The Morgan fingerprint density at radius 1 is 1.03 bits per heavy atom. The summed E-state index contributed by atoms with van der Waals surface area (Å²) in [5.41, 5.74) is 3.65. The number of hydrogen-bond donors (Lipinski definition) is 1. The first-order chi connectivity index (χ1) is 14.8. The lowest BCUT2D eigenvalue weighted by atomic mass is 9.73. The fraction of sp³-hybridized carbons (Fsp3) is 0.913. The van der Waals surface area contributed by atoms with Gasteiger partial charge in [-0.25, -0.2) is 9.80 Å². The maximum absolute atomic E-state index is 12.9. The Bertz CT molecular complexity index is 653. The molecule has 0 bridgehead atoms. The molecule has 3 saturated heterocycles. The van der Waals surface area contributed by atoms with Gasteiger partial charge in [0, 0.05) is 51.9 Å². The lowest BCUT2D eigenvalue weighted by Gasteiger charge is -2.54. The molecule has 1 saturated carbocycles. The van der Waals surface area contributed by atoms with E-state index in [2.05, 4.69) is 10.4 Å². The maximum Gasteiger partial charge on any atom is 0.410 e. The third kappa shape index (κ3) is 4.86. The van der Waals surface area contributed by atoms with Crippen LogP contribution in [0.5, 0.6) is 0 Å². The van der Waals surface area contributed by atoms with Crippen LogP contribution < -0.4 is 5.43 Å². The highest BCUT2D eigenvalue weighted by Crippen LogP contribution is 2.40. The van der Waals surface area contributed by atoms with Crippen LogP contribution in [0, 0.1) is 11.8 Å². The number of piperazine rings is 1. The molecule has 1 aliphatic carbocycles. The van der Waals surface area contributed by atoms with Gasteiger partial charge in [-0.05, 0) is 64.7 Å². The lowest BCUT2D eigenvalue weighted by Crippen LogP contribution is -2.67. The van der Waals surface area contributed by atoms with E-state index in [1.165, 1.54) is 0 Å². The van der Waals surface area contributed by atoms with Gasteiger partial charge >= 0.3 is 6.09 Å². The van der Waals surface area contributed by atoms with Crippen molar-refractivity contribution in [2.45, 2.75) is 90.1 Å². The van der Waals surface area contributed by atoms with Gasteiger partial charge in [-0.2, -0.15) is 0 Å². The summed E-state index contributed by atoms with van der Waals surface area (Å²) in [6.07, 6.45) is 4.83. The van der Waals surface area contributed by atoms with Crippen LogP contribution >= 0.6 is 0 Å². The minimum absolute atomic E-state index is 0.0205. The van der Waals surface area contributed by atoms with Crippen LogP contribution in [0.15, 0.2) is 0 Å². The van der Waals surface area contributed by atoms with E-state index in [1.807, 2.05) is 30.6 Å². The molecule has 4 rings (SSSR count). The summed E-state index contributed by atoms with van der Waals surface area (Å²) >= 11 is 0. The van der Waals surface area contributed by atoms with Crippen molar-refractivity contribution in [3.05, 3.63) is 0 Å². The number of ether oxygens (including phenoxy) is 2. The second kappa shape index (κ2) is 9.63. The number of nitrogens with zero attached hydrogens (tertiary/aromatic N) is 3. The molecule has 0 radical (unpaired) electrons. The molecule has 1 N–H and O–H groups in total. The van der Waals surface area contributed by atoms with E-state index in [1.54, 1.807) is 6.92 Å². The van der Waals surface area contributed by atoms with E-state index in [4.69, 9.17) is 9.47 Å². The van der Waals surface area contributed by atoms with Gasteiger partial charge in [0.05, 0.1) is 18.2 Å². The van der Waals surface area contributed by atoms with Crippen LogP contribution in [0.1, 0.15) is 59.8 Å². The SMILES string of the molecule is CC(=O)N1C2CCC(C3CNN(C4CCOCC4)C3)CC2N(C(=O)OC(C)C)C[C@@H]1C. The molecule has 0 aromatic heterocycles. The number of amides is 2. The monoisotopic (exact) mass is 436 g/mol. The van der Waals surface area contributed by atoms with Crippen LogP contribution in [0.2, 0.25) is 0 Å². The van der Waals surface area contributed by atoms with Crippen molar-refractivity contribution in [3.63, 3.8) is 0 Å². The number of nitrogens with one attached hydrogen (secondary N) is 1. The van der Waals surface area contributed by atoms with E-state index in [0.29, 0.717) is 24.4 Å². The van der Waals surface area contributed by atoms with Gasteiger partial charge in [0.2, 0.25) is 5.91 Å². The minimum Gasteiger partial charge on any atom is -0.447 e. The van der Waals surface area contributed by atoms with Crippen LogP contribution in [-0.4, -0.2) is 89.9 Å². The third-order valence-electron chi connectivity index (χ3n) is 7.74. The normalized spacial score (nSPS) is 35.3. The Hall–Kier alpha value is -1.38. The summed E-state index contributed by atoms with van der Waals surface area (Å²) < 4.78 is 11.1. The van der Waals surface area contributed by atoms with Crippen LogP contribution in [-0.2, 0) is 14.3 Å². The molecular weight excluding hydrogens is 396 g/mol. The minimum atomic E-state index is -0.228. The van der Waals surface area contributed by atoms with Crippen molar-refractivity contribution in [1.82, 2.24) is 20.2 Å². The van der Waals surface area contributed by atoms with Crippen LogP contribution in [0.3, 0.4) is 0 Å². The molecule has 8 nitrogen and oxygen atoms in total. The summed E-state index contributed by atoms with van der Waals surface area (Å²) in [6, 6.07) is 0.726. The predicted octanol–water partition coefficient (Wildman–Crippen LogP) is 2.24. The largest absolute Gasteiger partial charge is 0.447 e. The average Bonchev–Trinajstić information content (AvgIpc) is 3.23. The van der Waals surface area contributed by atoms with Crippen LogP contribution in [0.25, 0.3) is 0 Å². The molecule has 8 heteroatoms. The van der Waals surface area contributed by atoms with Gasteiger partial charge < -0.3 is 19.3 Å². The molecule has 176 valence electrons. The number of rotatable bonds is 3. The number of hydrazine groups is 1. The van der Waals surface area contributed by atoms with Gasteiger partial charge in [-0.3, -0.25) is 10.2 Å². The molecule has 0 aromatic carbocycles. The van der Waals surface area contributed by atoms with E-state index in [0.717, 1.165) is 58.4 Å². The molecular formula is C23H40N4O4. The number of carbonyl (C=O) groups excluding carboxylic acids is 2. The quantitative estimate of drug-likeness (QED) is 0.731.